The summed E-state index contributed by atoms with van der Waals surface area (Å²) >= 11 is 0. The minimum Gasteiger partial charge on any atom is -0.293 e. The second-order valence-electron chi connectivity index (χ2n) is 5.52. The van der Waals surface area contributed by atoms with E-state index in [9.17, 15) is 13.2 Å². The van der Waals surface area contributed by atoms with E-state index in [1.54, 1.807) is 24.3 Å². The first-order chi connectivity index (χ1) is 11.5. The fraction of sp³-hybridized carbons (Fsp3) is 0.105. The van der Waals surface area contributed by atoms with E-state index in [0.717, 1.165) is 9.54 Å². The molecule has 1 heterocycles. The van der Waals surface area contributed by atoms with E-state index in [1.165, 1.54) is 25.3 Å². The van der Waals surface area contributed by atoms with E-state index >= 15 is 0 Å². The van der Waals surface area contributed by atoms with Crippen LogP contribution in [0.4, 0.5) is 0 Å². The van der Waals surface area contributed by atoms with Crippen LogP contribution in [-0.2, 0) is 16.4 Å². The Kier molecular flexibility index (Phi) is 4.36. The molecule has 0 N–H and O–H groups in total. The van der Waals surface area contributed by atoms with Crippen molar-refractivity contribution in [2.75, 3.05) is 0 Å². The van der Waals surface area contributed by atoms with Gasteiger partial charge in [-0.25, -0.2) is 12.4 Å². The Morgan fingerprint density at radius 3 is 2.08 bits per heavy atom. The van der Waals surface area contributed by atoms with Crippen molar-refractivity contribution in [2.24, 2.45) is 0 Å². The third kappa shape index (κ3) is 3.03. The second-order valence-corrected chi connectivity index (χ2v) is 7.34. The van der Waals surface area contributed by atoms with Crippen LogP contribution in [0.15, 0.2) is 77.8 Å². The Labute approximate surface area is 141 Å². The summed E-state index contributed by atoms with van der Waals surface area (Å²) in [5, 5.41) is 0. The number of nitrogens with zero attached hydrogens (tertiary/aromatic N) is 1. The monoisotopic (exact) mass is 339 g/mol. The molecule has 0 amide bonds. The maximum absolute atomic E-state index is 12.8. The lowest BCUT2D eigenvalue weighted by Gasteiger charge is -2.10. The SMILES string of the molecule is CC(=O)c1c(Cc2ccccc2)ccn1S(=O)(=O)c1ccccc1. The van der Waals surface area contributed by atoms with E-state index < -0.39 is 10.0 Å². The number of Topliss-reactive ketones (excluding diaryl/α,β-unsaturated/α-hetero) is 1. The molecule has 0 bridgehead atoms. The van der Waals surface area contributed by atoms with Crippen LogP contribution < -0.4 is 0 Å². The smallest absolute Gasteiger partial charge is 0.268 e. The number of benzene rings is 2. The van der Waals surface area contributed by atoms with Gasteiger partial charge in [-0.15, -0.1) is 0 Å². The molecule has 3 rings (SSSR count). The van der Waals surface area contributed by atoms with Crippen LogP contribution in [0.25, 0.3) is 0 Å². The first-order valence-electron chi connectivity index (χ1n) is 7.56. The van der Waals surface area contributed by atoms with Crippen molar-refractivity contribution < 1.29 is 13.2 Å². The van der Waals surface area contributed by atoms with E-state index in [0.29, 0.717) is 12.0 Å². The maximum atomic E-state index is 12.8. The number of hydrogen-bond donors (Lipinski definition) is 0. The molecular formula is C19H17NO3S. The summed E-state index contributed by atoms with van der Waals surface area (Å²) in [6.45, 7) is 1.39. The molecule has 5 heteroatoms. The molecule has 0 radical (unpaired) electrons. The molecule has 122 valence electrons. The summed E-state index contributed by atoms with van der Waals surface area (Å²) in [5.41, 5.74) is 1.94. The zero-order valence-electron chi connectivity index (χ0n) is 13.2. The molecule has 0 fully saturated rings. The highest BCUT2D eigenvalue weighted by atomic mass is 32.2. The Morgan fingerprint density at radius 1 is 0.917 bits per heavy atom. The molecule has 0 aliphatic heterocycles. The highest BCUT2D eigenvalue weighted by molar-refractivity contribution is 7.90. The van der Waals surface area contributed by atoms with Gasteiger partial charge in [-0.3, -0.25) is 4.79 Å². The fourth-order valence-electron chi connectivity index (χ4n) is 2.70. The standard InChI is InChI=1S/C19H17NO3S/c1-15(21)19-17(14-16-8-4-2-5-9-16)12-13-20(19)24(22,23)18-10-6-3-7-11-18/h2-13H,14H2,1H3. The number of aromatic nitrogens is 1. The quantitative estimate of drug-likeness (QED) is 0.668. The van der Waals surface area contributed by atoms with Crippen molar-refractivity contribution in [3.05, 3.63) is 89.7 Å². The summed E-state index contributed by atoms with van der Waals surface area (Å²) in [4.78, 5) is 12.3. The highest BCUT2D eigenvalue weighted by Crippen LogP contribution is 2.22. The van der Waals surface area contributed by atoms with Gasteiger partial charge in [0.15, 0.2) is 5.78 Å². The van der Waals surface area contributed by atoms with Gasteiger partial charge in [0, 0.05) is 13.1 Å². The van der Waals surface area contributed by atoms with Crippen molar-refractivity contribution >= 4 is 15.8 Å². The van der Waals surface area contributed by atoms with E-state index in [1.807, 2.05) is 30.3 Å². The zero-order valence-corrected chi connectivity index (χ0v) is 14.0. The van der Waals surface area contributed by atoms with Crippen molar-refractivity contribution in [3.63, 3.8) is 0 Å². The van der Waals surface area contributed by atoms with Crippen molar-refractivity contribution in [1.82, 2.24) is 3.97 Å². The molecule has 24 heavy (non-hydrogen) atoms. The lowest BCUT2D eigenvalue weighted by Crippen LogP contribution is -2.17. The molecule has 2 aromatic carbocycles. The van der Waals surface area contributed by atoms with Gasteiger partial charge >= 0.3 is 0 Å². The third-order valence-corrected chi connectivity index (χ3v) is 5.50. The van der Waals surface area contributed by atoms with Crippen molar-refractivity contribution in [2.45, 2.75) is 18.2 Å². The predicted molar refractivity (Wildman–Crippen MR) is 92.7 cm³/mol. The average molecular weight is 339 g/mol. The Morgan fingerprint density at radius 2 is 1.50 bits per heavy atom. The molecule has 4 nitrogen and oxygen atoms in total. The second kappa shape index (κ2) is 6.45. The molecule has 0 aliphatic rings. The number of hydrogen-bond acceptors (Lipinski definition) is 3. The normalized spacial score (nSPS) is 11.4. The molecule has 1 aromatic heterocycles. The molecule has 0 saturated carbocycles. The molecule has 0 saturated heterocycles. The molecule has 0 atom stereocenters. The van der Waals surface area contributed by atoms with Crippen LogP contribution in [0.3, 0.4) is 0 Å². The van der Waals surface area contributed by atoms with Gasteiger partial charge in [-0.2, -0.15) is 0 Å². The van der Waals surface area contributed by atoms with Crippen LogP contribution in [0.5, 0.6) is 0 Å². The molecule has 0 unspecified atom stereocenters. The van der Waals surface area contributed by atoms with Crippen molar-refractivity contribution in [3.8, 4) is 0 Å². The first kappa shape index (κ1) is 16.2. The molecule has 0 spiro atoms. The largest absolute Gasteiger partial charge is 0.293 e. The average Bonchev–Trinajstić information content (AvgIpc) is 3.01. The van der Waals surface area contributed by atoms with Crippen LogP contribution in [0.2, 0.25) is 0 Å². The summed E-state index contributed by atoms with van der Waals surface area (Å²) in [6.07, 6.45) is 1.96. The van der Waals surface area contributed by atoms with Gasteiger partial charge < -0.3 is 0 Å². The summed E-state index contributed by atoms with van der Waals surface area (Å²) in [5.74, 6) is -0.273. The Hall–Kier alpha value is -2.66. The van der Waals surface area contributed by atoms with E-state index in [2.05, 4.69) is 0 Å². The lowest BCUT2D eigenvalue weighted by atomic mass is 10.0. The number of ketones is 1. The predicted octanol–water partition coefficient (Wildman–Crippen LogP) is 3.52. The molecular weight excluding hydrogens is 322 g/mol. The van der Waals surface area contributed by atoms with Crippen LogP contribution in [-0.4, -0.2) is 18.2 Å². The third-order valence-electron chi connectivity index (χ3n) is 3.81. The summed E-state index contributed by atoms with van der Waals surface area (Å²) in [7, 11) is -3.79. The summed E-state index contributed by atoms with van der Waals surface area (Å²) < 4.78 is 26.8. The van der Waals surface area contributed by atoms with Gasteiger partial charge in [0.2, 0.25) is 0 Å². The van der Waals surface area contributed by atoms with Gasteiger partial charge in [0.05, 0.1) is 4.90 Å². The lowest BCUT2D eigenvalue weighted by molar-refractivity contribution is 0.101. The van der Waals surface area contributed by atoms with Gasteiger partial charge in [0.25, 0.3) is 10.0 Å². The van der Waals surface area contributed by atoms with Gasteiger partial charge in [-0.05, 0) is 35.7 Å². The van der Waals surface area contributed by atoms with Gasteiger partial charge in [-0.1, -0.05) is 48.5 Å². The van der Waals surface area contributed by atoms with Crippen LogP contribution >= 0.6 is 0 Å². The topological polar surface area (TPSA) is 56.1 Å². The number of carbonyl (C=O) groups excluding carboxylic acids is 1. The van der Waals surface area contributed by atoms with E-state index in [4.69, 9.17) is 0 Å². The number of carbonyl (C=O) groups is 1. The fourth-order valence-corrected chi connectivity index (χ4v) is 4.13. The molecule has 0 aliphatic carbocycles. The van der Waals surface area contributed by atoms with Crippen LogP contribution in [0, 0.1) is 0 Å². The Balaban J connectivity index is 2.09. The highest BCUT2D eigenvalue weighted by Gasteiger charge is 2.24. The Bertz CT molecular complexity index is 958. The van der Waals surface area contributed by atoms with Gasteiger partial charge in [0.1, 0.15) is 5.69 Å². The van der Waals surface area contributed by atoms with E-state index in [-0.39, 0.29) is 16.4 Å². The zero-order chi connectivity index (χ0) is 17.2. The minimum atomic E-state index is -3.79. The molecule has 3 aromatic rings. The van der Waals surface area contributed by atoms with Crippen LogP contribution in [0.1, 0.15) is 28.5 Å². The van der Waals surface area contributed by atoms with Crippen molar-refractivity contribution in [1.29, 1.82) is 0 Å². The minimum absolute atomic E-state index is 0.161. The first-order valence-corrected chi connectivity index (χ1v) is 9.00. The summed E-state index contributed by atoms with van der Waals surface area (Å²) in [6, 6.07) is 19.5. The maximum Gasteiger partial charge on any atom is 0.268 e. The number of rotatable bonds is 5.